The van der Waals surface area contributed by atoms with Gasteiger partial charge in [0, 0.05) is 3.57 Å². The zero-order valence-corrected chi connectivity index (χ0v) is 10.7. The summed E-state index contributed by atoms with van der Waals surface area (Å²) in [6.07, 6.45) is 0. The fraction of sp³-hybridized carbons (Fsp3) is 0.364. The summed E-state index contributed by atoms with van der Waals surface area (Å²) in [4.78, 5) is 10.9. The maximum Gasteiger partial charge on any atom is 0.332 e. The van der Waals surface area contributed by atoms with E-state index in [0.717, 1.165) is 5.56 Å². The minimum Gasteiger partial charge on any atom is -0.464 e. The number of benzene rings is 1. The van der Waals surface area contributed by atoms with E-state index in [4.69, 9.17) is 9.47 Å². The van der Waals surface area contributed by atoms with Gasteiger partial charge in [-0.25, -0.2) is 4.79 Å². The van der Waals surface area contributed by atoms with E-state index in [2.05, 4.69) is 22.6 Å². The molecule has 0 aliphatic heterocycles. The average Bonchev–Trinajstić information content (AvgIpc) is 2.21. The Labute approximate surface area is 103 Å². The maximum atomic E-state index is 10.9. The highest BCUT2D eigenvalue weighted by Crippen LogP contribution is 2.07. The molecule has 1 rings (SSSR count). The highest BCUT2D eigenvalue weighted by molar-refractivity contribution is 14.1. The second-order valence-corrected chi connectivity index (χ2v) is 4.17. The minimum atomic E-state index is -0.317. The van der Waals surface area contributed by atoms with Crippen molar-refractivity contribution in [1.82, 2.24) is 0 Å². The summed E-state index contributed by atoms with van der Waals surface area (Å²) in [6, 6.07) is 7.97. The molecule has 4 heteroatoms. The van der Waals surface area contributed by atoms with Crippen LogP contribution < -0.4 is 0 Å². The van der Waals surface area contributed by atoms with E-state index in [-0.39, 0.29) is 12.6 Å². The van der Waals surface area contributed by atoms with Gasteiger partial charge in [-0.3, -0.25) is 0 Å². The smallest absolute Gasteiger partial charge is 0.332 e. The lowest BCUT2D eigenvalue weighted by Crippen LogP contribution is -2.12. The number of rotatable bonds is 5. The number of ether oxygens (including phenoxy) is 2. The summed E-state index contributed by atoms with van der Waals surface area (Å²) in [5.41, 5.74) is 1.06. The van der Waals surface area contributed by atoms with Crippen LogP contribution >= 0.6 is 22.6 Å². The third kappa shape index (κ3) is 5.13. The van der Waals surface area contributed by atoms with E-state index in [1.54, 1.807) is 6.92 Å². The van der Waals surface area contributed by atoms with Crippen LogP contribution in [0, 0.1) is 3.57 Å². The fourth-order valence-corrected chi connectivity index (χ4v) is 1.40. The van der Waals surface area contributed by atoms with Crippen LogP contribution in [0.25, 0.3) is 0 Å². The molecule has 0 unspecified atom stereocenters. The monoisotopic (exact) mass is 320 g/mol. The number of carbonyl (C=O) groups excluding carboxylic acids is 1. The van der Waals surface area contributed by atoms with E-state index in [9.17, 15) is 4.79 Å². The number of carbonyl (C=O) groups is 1. The summed E-state index contributed by atoms with van der Waals surface area (Å²) < 4.78 is 11.1. The number of hydrogen-bond donors (Lipinski definition) is 0. The molecule has 0 heterocycles. The summed E-state index contributed by atoms with van der Waals surface area (Å²) in [5.74, 6) is -0.317. The van der Waals surface area contributed by atoms with Crippen molar-refractivity contribution in [2.45, 2.75) is 13.5 Å². The highest BCUT2D eigenvalue weighted by atomic mass is 127. The Hall–Kier alpha value is -0.620. The van der Waals surface area contributed by atoms with Crippen LogP contribution in [0.2, 0.25) is 0 Å². The predicted molar refractivity (Wildman–Crippen MR) is 65.4 cm³/mol. The summed E-state index contributed by atoms with van der Waals surface area (Å²) in [5, 5.41) is 0. The first-order valence-electron chi connectivity index (χ1n) is 4.70. The van der Waals surface area contributed by atoms with E-state index >= 15 is 0 Å². The Morgan fingerprint density at radius 1 is 1.33 bits per heavy atom. The summed E-state index contributed by atoms with van der Waals surface area (Å²) in [7, 11) is 0. The van der Waals surface area contributed by atoms with Crippen LogP contribution in [-0.4, -0.2) is 19.2 Å². The van der Waals surface area contributed by atoms with Crippen molar-refractivity contribution >= 4 is 28.6 Å². The van der Waals surface area contributed by atoms with Crippen LogP contribution in [0.5, 0.6) is 0 Å². The average molecular weight is 320 g/mol. The van der Waals surface area contributed by atoms with Gasteiger partial charge in [0.1, 0.15) is 6.61 Å². The van der Waals surface area contributed by atoms with Gasteiger partial charge in [0.05, 0.1) is 13.2 Å². The molecule has 0 aromatic heterocycles. The lowest BCUT2D eigenvalue weighted by molar-refractivity contribution is -0.148. The standard InChI is InChI=1S/C11H13IO3/c1-2-15-11(13)8-14-7-9-3-5-10(12)6-4-9/h3-6H,2,7-8H2,1H3. The lowest BCUT2D eigenvalue weighted by atomic mass is 10.2. The van der Waals surface area contributed by atoms with Gasteiger partial charge < -0.3 is 9.47 Å². The van der Waals surface area contributed by atoms with Crippen molar-refractivity contribution in [3.8, 4) is 0 Å². The van der Waals surface area contributed by atoms with Crippen molar-refractivity contribution in [2.75, 3.05) is 13.2 Å². The third-order valence-electron chi connectivity index (χ3n) is 1.71. The fourth-order valence-electron chi connectivity index (χ4n) is 1.04. The molecule has 3 nitrogen and oxygen atoms in total. The largest absolute Gasteiger partial charge is 0.464 e. The molecule has 0 fully saturated rings. The normalized spacial score (nSPS) is 10.0. The van der Waals surface area contributed by atoms with Crippen LogP contribution in [0.3, 0.4) is 0 Å². The van der Waals surface area contributed by atoms with Crippen molar-refractivity contribution in [2.24, 2.45) is 0 Å². The van der Waals surface area contributed by atoms with Crippen molar-refractivity contribution in [3.05, 3.63) is 33.4 Å². The topological polar surface area (TPSA) is 35.5 Å². The molecule has 0 radical (unpaired) electrons. The molecule has 15 heavy (non-hydrogen) atoms. The molecule has 82 valence electrons. The Morgan fingerprint density at radius 2 is 2.00 bits per heavy atom. The quantitative estimate of drug-likeness (QED) is 0.617. The van der Waals surface area contributed by atoms with Gasteiger partial charge in [0.2, 0.25) is 0 Å². The van der Waals surface area contributed by atoms with Gasteiger partial charge in [0.15, 0.2) is 0 Å². The second-order valence-electron chi connectivity index (χ2n) is 2.92. The first-order valence-corrected chi connectivity index (χ1v) is 5.78. The van der Waals surface area contributed by atoms with Gasteiger partial charge in [-0.2, -0.15) is 0 Å². The zero-order valence-electron chi connectivity index (χ0n) is 8.53. The molecule has 0 spiro atoms. The predicted octanol–water partition coefficient (Wildman–Crippen LogP) is 2.37. The molecular formula is C11H13IO3. The van der Waals surface area contributed by atoms with E-state index < -0.39 is 0 Å². The number of hydrogen-bond acceptors (Lipinski definition) is 3. The van der Waals surface area contributed by atoms with Crippen molar-refractivity contribution in [3.63, 3.8) is 0 Å². The number of halogens is 1. The summed E-state index contributed by atoms with van der Waals surface area (Å²) in [6.45, 7) is 2.62. The molecule has 1 aromatic carbocycles. The van der Waals surface area contributed by atoms with Gasteiger partial charge >= 0.3 is 5.97 Å². The van der Waals surface area contributed by atoms with Crippen LogP contribution in [0.15, 0.2) is 24.3 Å². The Bertz CT molecular complexity index is 308. The maximum absolute atomic E-state index is 10.9. The van der Waals surface area contributed by atoms with E-state index in [0.29, 0.717) is 13.2 Å². The van der Waals surface area contributed by atoms with Gasteiger partial charge in [-0.05, 0) is 47.2 Å². The lowest BCUT2D eigenvalue weighted by Gasteiger charge is -2.04. The molecule has 0 amide bonds. The van der Waals surface area contributed by atoms with Crippen LogP contribution in [0.1, 0.15) is 12.5 Å². The van der Waals surface area contributed by atoms with Gasteiger partial charge in [-0.1, -0.05) is 12.1 Å². The first-order chi connectivity index (χ1) is 7.22. The molecule has 0 bridgehead atoms. The molecular weight excluding hydrogens is 307 g/mol. The molecule has 0 saturated carbocycles. The first kappa shape index (κ1) is 12.4. The Balaban J connectivity index is 2.26. The molecule has 0 N–H and O–H groups in total. The summed E-state index contributed by atoms with van der Waals surface area (Å²) >= 11 is 2.24. The molecule has 1 aromatic rings. The minimum absolute atomic E-state index is 0.0137. The van der Waals surface area contributed by atoms with Crippen LogP contribution in [-0.2, 0) is 20.9 Å². The highest BCUT2D eigenvalue weighted by Gasteiger charge is 2.01. The zero-order chi connectivity index (χ0) is 11.1. The van der Waals surface area contributed by atoms with E-state index in [1.807, 2.05) is 24.3 Å². The molecule has 0 saturated heterocycles. The van der Waals surface area contributed by atoms with E-state index in [1.165, 1.54) is 3.57 Å². The second kappa shape index (κ2) is 6.79. The van der Waals surface area contributed by atoms with Gasteiger partial charge in [-0.15, -0.1) is 0 Å². The van der Waals surface area contributed by atoms with Crippen molar-refractivity contribution < 1.29 is 14.3 Å². The SMILES string of the molecule is CCOC(=O)COCc1ccc(I)cc1. The third-order valence-corrected chi connectivity index (χ3v) is 2.43. The molecule has 0 atom stereocenters. The van der Waals surface area contributed by atoms with Crippen molar-refractivity contribution in [1.29, 1.82) is 0 Å². The molecule has 0 aliphatic rings. The van der Waals surface area contributed by atoms with Gasteiger partial charge in [0.25, 0.3) is 0 Å². The van der Waals surface area contributed by atoms with Crippen LogP contribution in [0.4, 0.5) is 0 Å². The Kier molecular flexibility index (Phi) is 5.63. The number of esters is 1. The Morgan fingerprint density at radius 3 is 2.60 bits per heavy atom. The molecule has 0 aliphatic carbocycles.